The maximum absolute atomic E-state index is 13.6. The molecule has 1 aliphatic rings. The number of nitrogens with one attached hydrogen (secondary N) is 1. The molecule has 1 saturated heterocycles. The van der Waals surface area contributed by atoms with Crippen molar-refractivity contribution in [3.05, 3.63) is 53.5 Å². The predicted molar refractivity (Wildman–Crippen MR) is 90.6 cm³/mol. The minimum atomic E-state index is -4.00. The number of carbonyl (C=O) groups is 1. The van der Waals surface area contributed by atoms with E-state index in [9.17, 15) is 17.6 Å². The van der Waals surface area contributed by atoms with Gasteiger partial charge in [0.05, 0.1) is 12.6 Å². The molecular weight excluding hydrogens is 363 g/mol. The Morgan fingerprint density at radius 1 is 1.38 bits per heavy atom. The number of nitrogens with zero attached hydrogens (tertiary/aromatic N) is 1. The number of hydrogen-bond donors (Lipinski definition) is 1. The zero-order chi connectivity index (χ0) is 18.7. The van der Waals surface area contributed by atoms with Crippen LogP contribution >= 0.6 is 0 Å². The fourth-order valence-corrected chi connectivity index (χ4v) is 4.39. The molecule has 7 nitrogen and oxygen atoms in total. The second-order valence-corrected chi connectivity index (χ2v) is 7.55. The molecular formula is C17H19FN2O5S. The van der Waals surface area contributed by atoms with Gasteiger partial charge in [-0.05, 0) is 36.8 Å². The van der Waals surface area contributed by atoms with Gasteiger partial charge in [-0.25, -0.2) is 17.6 Å². The van der Waals surface area contributed by atoms with Gasteiger partial charge in [-0.1, -0.05) is 12.1 Å². The first-order valence-corrected chi connectivity index (χ1v) is 9.62. The van der Waals surface area contributed by atoms with Crippen molar-refractivity contribution in [2.24, 2.45) is 0 Å². The Labute approximate surface area is 150 Å². The number of sulfonamides is 1. The smallest absolute Gasteiger partial charge is 0.374 e. The third kappa shape index (κ3) is 3.64. The third-order valence-electron chi connectivity index (χ3n) is 4.05. The highest BCUT2D eigenvalue weighted by Crippen LogP contribution is 2.30. The van der Waals surface area contributed by atoms with Gasteiger partial charge in [0.15, 0.2) is 0 Å². The van der Waals surface area contributed by atoms with Crippen LogP contribution in [-0.4, -0.2) is 44.9 Å². The normalized spacial score (nSPS) is 18.6. The molecule has 1 atom stereocenters. The van der Waals surface area contributed by atoms with E-state index in [0.29, 0.717) is 18.7 Å². The average Bonchev–Trinajstić information content (AvgIpc) is 3.13. The number of carbonyl (C=O) groups excluding carboxylic acids is 1. The molecule has 1 aromatic carbocycles. The second kappa shape index (κ2) is 7.56. The number of halogens is 1. The summed E-state index contributed by atoms with van der Waals surface area (Å²) in [4.78, 5) is 11.7. The highest BCUT2D eigenvalue weighted by molar-refractivity contribution is 7.89. The maximum Gasteiger partial charge on any atom is 0.374 e. The molecule has 2 aromatic rings. The molecule has 26 heavy (non-hydrogen) atoms. The quantitative estimate of drug-likeness (QED) is 0.795. The standard InChI is InChI=1S/C17H19FN2O5S/c1-2-24-17(21)15-6-7-16(25-15)26(22,23)20-9-8-19-11-14(20)12-4-3-5-13(18)10-12/h3-7,10,14,19H,2,8-9,11H2,1H3. The Morgan fingerprint density at radius 2 is 2.19 bits per heavy atom. The molecule has 1 N–H and O–H groups in total. The highest BCUT2D eigenvalue weighted by Gasteiger charge is 2.36. The van der Waals surface area contributed by atoms with E-state index >= 15 is 0 Å². The lowest BCUT2D eigenvalue weighted by atomic mass is 10.1. The van der Waals surface area contributed by atoms with E-state index in [0.717, 1.165) is 0 Å². The van der Waals surface area contributed by atoms with Crippen molar-refractivity contribution in [1.82, 2.24) is 9.62 Å². The Bertz CT molecular complexity index is 896. The van der Waals surface area contributed by atoms with Crippen molar-refractivity contribution in [1.29, 1.82) is 0 Å². The lowest BCUT2D eigenvalue weighted by Gasteiger charge is -2.34. The van der Waals surface area contributed by atoms with Crippen LogP contribution in [0.5, 0.6) is 0 Å². The van der Waals surface area contributed by atoms with Crippen molar-refractivity contribution in [3.8, 4) is 0 Å². The topological polar surface area (TPSA) is 88.9 Å². The zero-order valence-corrected chi connectivity index (χ0v) is 15.0. The summed E-state index contributed by atoms with van der Waals surface area (Å²) in [6.07, 6.45) is 0. The van der Waals surface area contributed by atoms with Crippen molar-refractivity contribution in [3.63, 3.8) is 0 Å². The molecule has 0 aliphatic carbocycles. The van der Waals surface area contributed by atoms with E-state index in [-0.39, 0.29) is 24.0 Å². The van der Waals surface area contributed by atoms with Crippen molar-refractivity contribution < 1.29 is 26.8 Å². The van der Waals surface area contributed by atoms with Crippen LogP contribution in [0.2, 0.25) is 0 Å². The molecule has 0 saturated carbocycles. The first-order chi connectivity index (χ1) is 12.4. The molecule has 0 radical (unpaired) electrons. The number of benzene rings is 1. The Morgan fingerprint density at radius 3 is 2.92 bits per heavy atom. The molecule has 1 fully saturated rings. The zero-order valence-electron chi connectivity index (χ0n) is 14.1. The first-order valence-electron chi connectivity index (χ1n) is 8.18. The van der Waals surface area contributed by atoms with Crippen LogP contribution in [0.15, 0.2) is 45.9 Å². The molecule has 1 aliphatic heterocycles. The summed E-state index contributed by atoms with van der Waals surface area (Å²) in [5.74, 6) is -1.34. The van der Waals surface area contributed by atoms with Crippen molar-refractivity contribution >= 4 is 16.0 Å². The van der Waals surface area contributed by atoms with Gasteiger partial charge >= 0.3 is 5.97 Å². The average molecular weight is 382 g/mol. The second-order valence-electron chi connectivity index (χ2n) is 5.73. The van der Waals surface area contributed by atoms with Gasteiger partial charge in [0, 0.05) is 19.6 Å². The SMILES string of the molecule is CCOC(=O)c1ccc(S(=O)(=O)N2CCNCC2c2cccc(F)c2)o1. The van der Waals surface area contributed by atoms with Gasteiger partial charge in [0.2, 0.25) is 10.9 Å². The van der Waals surface area contributed by atoms with Crippen LogP contribution in [0.25, 0.3) is 0 Å². The fourth-order valence-electron chi connectivity index (χ4n) is 2.86. The van der Waals surface area contributed by atoms with E-state index in [1.165, 1.54) is 34.6 Å². The molecule has 1 unspecified atom stereocenters. The number of hydrogen-bond acceptors (Lipinski definition) is 6. The first kappa shape index (κ1) is 18.6. The molecule has 1 aromatic heterocycles. The van der Waals surface area contributed by atoms with E-state index in [2.05, 4.69) is 5.32 Å². The highest BCUT2D eigenvalue weighted by atomic mass is 32.2. The third-order valence-corrected chi connectivity index (χ3v) is 5.83. The summed E-state index contributed by atoms with van der Waals surface area (Å²) in [7, 11) is -4.00. The number of piperazine rings is 1. The van der Waals surface area contributed by atoms with Crippen LogP contribution in [0, 0.1) is 5.82 Å². The summed E-state index contributed by atoms with van der Waals surface area (Å²) in [6, 6.07) is 7.74. The van der Waals surface area contributed by atoms with Gasteiger partial charge in [-0.15, -0.1) is 0 Å². The van der Waals surface area contributed by atoms with Crippen LogP contribution in [0.3, 0.4) is 0 Å². The fraction of sp³-hybridized carbons (Fsp3) is 0.353. The monoisotopic (exact) mass is 382 g/mol. The molecule has 2 heterocycles. The summed E-state index contributed by atoms with van der Waals surface area (Å²) >= 11 is 0. The minimum Gasteiger partial charge on any atom is -0.460 e. The van der Waals surface area contributed by atoms with Crippen molar-refractivity contribution in [2.75, 3.05) is 26.2 Å². The maximum atomic E-state index is 13.6. The van der Waals surface area contributed by atoms with Crippen LogP contribution in [0.4, 0.5) is 4.39 Å². The van der Waals surface area contributed by atoms with Gasteiger partial charge < -0.3 is 14.5 Å². The van der Waals surface area contributed by atoms with Gasteiger partial charge in [0.25, 0.3) is 10.0 Å². The molecule has 0 amide bonds. The Balaban J connectivity index is 1.92. The van der Waals surface area contributed by atoms with Crippen molar-refractivity contribution in [2.45, 2.75) is 18.1 Å². The molecule has 0 bridgehead atoms. The lowest BCUT2D eigenvalue weighted by molar-refractivity contribution is 0.0483. The van der Waals surface area contributed by atoms with Crippen LogP contribution in [0.1, 0.15) is 29.1 Å². The number of rotatable bonds is 5. The van der Waals surface area contributed by atoms with Gasteiger partial charge in [0.1, 0.15) is 5.82 Å². The predicted octanol–water partition coefficient (Wildman–Crippen LogP) is 1.93. The lowest BCUT2D eigenvalue weighted by Crippen LogP contribution is -2.48. The molecule has 9 heteroatoms. The Kier molecular flexibility index (Phi) is 5.40. The number of furan rings is 1. The number of ether oxygens (including phenoxy) is 1. The van der Waals surface area contributed by atoms with E-state index < -0.39 is 27.9 Å². The summed E-state index contributed by atoms with van der Waals surface area (Å²) in [6.45, 7) is 2.79. The largest absolute Gasteiger partial charge is 0.460 e. The van der Waals surface area contributed by atoms with E-state index in [1.54, 1.807) is 13.0 Å². The van der Waals surface area contributed by atoms with E-state index in [1.807, 2.05) is 0 Å². The molecule has 140 valence electrons. The number of esters is 1. The molecule has 3 rings (SSSR count). The van der Waals surface area contributed by atoms with Crippen LogP contribution < -0.4 is 5.32 Å². The minimum absolute atomic E-state index is 0.154. The van der Waals surface area contributed by atoms with Crippen LogP contribution in [-0.2, 0) is 14.8 Å². The summed E-state index contributed by atoms with van der Waals surface area (Å²) in [5.41, 5.74) is 0.540. The molecule has 0 spiro atoms. The Hall–Kier alpha value is -2.23. The van der Waals surface area contributed by atoms with Gasteiger partial charge in [-0.3, -0.25) is 0 Å². The summed E-state index contributed by atoms with van der Waals surface area (Å²) < 4.78 is 50.9. The van der Waals surface area contributed by atoms with Gasteiger partial charge in [-0.2, -0.15) is 4.31 Å². The van der Waals surface area contributed by atoms with E-state index in [4.69, 9.17) is 9.15 Å². The summed E-state index contributed by atoms with van der Waals surface area (Å²) in [5, 5.41) is 2.77.